The first-order valence-corrected chi connectivity index (χ1v) is 7.05. The average Bonchev–Trinajstić information content (AvgIpc) is 3.10. The van der Waals surface area contributed by atoms with E-state index < -0.39 is 0 Å². The lowest BCUT2D eigenvalue weighted by atomic mass is 10.2. The molecule has 1 N–H and O–H groups in total. The van der Waals surface area contributed by atoms with Crippen molar-refractivity contribution in [1.82, 2.24) is 4.98 Å². The molecule has 3 rings (SSSR count). The van der Waals surface area contributed by atoms with Gasteiger partial charge in [0.1, 0.15) is 5.01 Å². The Bertz CT molecular complexity index is 720. The Morgan fingerprint density at radius 3 is 2.60 bits per heavy atom. The Morgan fingerprint density at radius 2 is 2.00 bits per heavy atom. The van der Waals surface area contributed by atoms with Crippen molar-refractivity contribution < 1.29 is 9.21 Å². The van der Waals surface area contributed by atoms with Gasteiger partial charge >= 0.3 is 0 Å². The number of thiazole rings is 1. The molecule has 3 aromatic rings. The van der Waals surface area contributed by atoms with Crippen LogP contribution < -0.4 is 5.32 Å². The summed E-state index contributed by atoms with van der Waals surface area (Å²) in [7, 11) is 0. The number of nitrogens with zero attached hydrogens (tertiary/aromatic N) is 1. The lowest BCUT2D eigenvalue weighted by Gasteiger charge is -2.03. The predicted molar refractivity (Wildman–Crippen MR) is 79.2 cm³/mol. The van der Waals surface area contributed by atoms with Gasteiger partial charge in [0.2, 0.25) is 0 Å². The van der Waals surface area contributed by atoms with Crippen LogP contribution in [0.25, 0.3) is 10.6 Å². The third-order valence-electron chi connectivity index (χ3n) is 2.62. The fourth-order valence-corrected chi connectivity index (χ4v) is 2.48. The summed E-state index contributed by atoms with van der Waals surface area (Å²) in [5.41, 5.74) is 1.70. The Morgan fingerprint density at radius 1 is 1.20 bits per heavy atom. The second-order valence-corrected chi connectivity index (χ2v) is 5.24. The standard InChI is InChI=1S/C14H9ClN2O2S/c15-12-6-5-11(19-12)13(18)17-10-3-1-9(2-4-10)14-16-7-8-20-14/h1-8H,(H,17,18). The van der Waals surface area contributed by atoms with E-state index in [-0.39, 0.29) is 16.9 Å². The number of halogens is 1. The van der Waals surface area contributed by atoms with Crippen molar-refractivity contribution in [1.29, 1.82) is 0 Å². The highest BCUT2D eigenvalue weighted by atomic mass is 35.5. The SMILES string of the molecule is O=C(Nc1ccc(-c2nccs2)cc1)c1ccc(Cl)o1. The van der Waals surface area contributed by atoms with Crippen molar-refractivity contribution in [3.05, 3.63) is 59.0 Å². The van der Waals surface area contributed by atoms with Crippen LogP contribution in [0.1, 0.15) is 10.6 Å². The van der Waals surface area contributed by atoms with Crippen LogP contribution in [-0.2, 0) is 0 Å². The molecule has 0 fully saturated rings. The van der Waals surface area contributed by atoms with E-state index in [4.69, 9.17) is 16.0 Å². The fraction of sp³-hybridized carbons (Fsp3) is 0. The number of carbonyl (C=O) groups is 1. The van der Waals surface area contributed by atoms with Crippen molar-refractivity contribution in [3.63, 3.8) is 0 Å². The maximum absolute atomic E-state index is 11.9. The van der Waals surface area contributed by atoms with Crippen LogP contribution in [0.2, 0.25) is 5.22 Å². The quantitative estimate of drug-likeness (QED) is 0.784. The van der Waals surface area contributed by atoms with Crippen LogP contribution in [0.3, 0.4) is 0 Å². The predicted octanol–water partition coefficient (Wildman–Crippen LogP) is 4.31. The van der Waals surface area contributed by atoms with Gasteiger partial charge in [-0.1, -0.05) is 0 Å². The lowest BCUT2D eigenvalue weighted by molar-refractivity contribution is 0.0997. The zero-order valence-electron chi connectivity index (χ0n) is 10.2. The summed E-state index contributed by atoms with van der Waals surface area (Å²) < 4.78 is 5.05. The molecule has 6 heteroatoms. The van der Waals surface area contributed by atoms with Gasteiger partial charge in [0, 0.05) is 22.8 Å². The summed E-state index contributed by atoms with van der Waals surface area (Å²) in [6.45, 7) is 0. The molecule has 0 aliphatic heterocycles. The van der Waals surface area contributed by atoms with Crippen LogP contribution in [0.15, 0.2) is 52.4 Å². The van der Waals surface area contributed by atoms with Gasteiger partial charge in [-0.3, -0.25) is 4.79 Å². The molecule has 0 radical (unpaired) electrons. The van der Waals surface area contributed by atoms with Gasteiger partial charge in [-0.15, -0.1) is 11.3 Å². The minimum atomic E-state index is -0.334. The molecule has 0 atom stereocenters. The van der Waals surface area contributed by atoms with Gasteiger partial charge < -0.3 is 9.73 Å². The number of rotatable bonds is 3. The summed E-state index contributed by atoms with van der Waals surface area (Å²) >= 11 is 7.20. The first kappa shape index (κ1) is 12.9. The number of amides is 1. The second-order valence-electron chi connectivity index (χ2n) is 3.97. The number of aromatic nitrogens is 1. The van der Waals surface area contributed by atoms with E-state index in [9.17, 15) is 4.79 Å². The average molecular weight is 305 g/mol. The van der Waals surface area contributed by atoms with E-state index in [2.05, 4.69) is 10.3 Å². The lowest BCUT2D eigenvalue weighted by Crippen LogP contribution is -2.10. The number of furan rings is 1. The summed E-state index contributed by atoms with van der Waals surface area (Å²) in [6, 6.07) is 10.5. The molecule has 0 saturated heterocycles. The minimum absolute atomic E-state index is 0.180. The molecule has 0 spiro atoms. The first-order chi connectivity index (χ1) is 9.72. The number of anilines is 1. The highest BCUT2D eigenvalue weighted by molar-refractivity contribution is 7.13. The Hall–Kier alpha value is -2.11. The maximum Gasteiger partial charge on any atom is 0.291 e. The van der Waals surface area contributed by atoms with Crippen molar-refractivity contribution in [2.75, 3.05) is 5.32 Å². The Balaban J connectivity index is 1.74. The van der Waals surface area contributed by atoms with Gasteiger partial charge in [0.25, 0.3) is 5.91 Å². The van der Waals surface area contributed by atoms with Crippen LogP contribution in [0.4, 0.5) is 5.69 Å². The smallest absolute Gasteiger partial charge is 0.291 e. The third kappa shape index (κ3) is 2.74. The van der Waals surface area contributed by atoms with Crippen molar-refractivity contribution in [2.45, 2.75) is 0 Å². The van der Waals surface area contributed by atoms with Gasteiger partial charge in [-0.05, 0) is 48.0 Å². The van der Waals surface area contributed by atoms with Gasteiger partial charge in [0.05, 0.1) is 0 Å². The minimum Gasteiger partial charge on any atom is -0.440 e. The van der Waals surface area contributed by atoms with Crippen LogP contribution >= 0.6 is 22.9 Å². The van der Waals surface area contributed by atoms with E-state index in [0.717, 1.165) is 10.6 Å². The summed E-state index contributed by atoms with van der Waals surface area (Å²) in [5.74, 6) is -0.155. The van der Waals surface area contributed by atoms with E-state index in [1.54, 1.807) is 17.5 Å². The third-order valence-corrected chi connectivity index (χ3v) is 3.64. The van der Waals surface area contributed by atoms with Gasteiger partial charge in [0.15, 0.2) is 11.0 Å². The van der Waals surface area contributed by atoms with Gasteiger partial charge in [-0.2, -0.15) is 0 Å². The van der Waals surface area contributed by atoms with E-state index >= 15 is 0 Å². The molecule has 1 amide bonds. The Labute approximate surface area is 124 Å². The van der Waals surface area contributed by atoms with E-state index in [0.29, 0.717) is 5.69 Å². The van der Waals surface area contributed by atoms with Crippen molar-refractivity contribution >= 4 is 34.5 Å². The molecule has 2 heterocycles. The molecule has 20 heavy (non-hydrogen) atoms. The monoisotopic (exact) mass is 304 g/mol. The van der Waals surface area contributed by atoms with Gasteiger partial charge in [-0.25, -0.2) is 4.98 Å². The van der Waals surface area contributed by atoms with Crippen molar-refractivity contribution in [3.8, 4) is 10.6 Å². The normalized spacial score (nSPS) is 10.4. The number of hydrogen-bond acceptors (Lipinski definition) is 4. The molecule has 0 aliphatic carbocycles. The maximum atomic E-state index is 11.9. The summed E-state index contributed by atoms with van der Waals surface area (Å²) in [5, 5.41) is 5.79. The molecule has 100 valence electrons. The summed E-state index contributed by atoms with van der Waals surface area (Å²) in [6.07, 6.45) is 1.76. The zero-order valence-corrected chi connectivity index (χ0v) is 11.7. The van der Waals surface area contributed by atoms with Crippen molar-refractivity contribution in [2.24, 2.45) is 0 Å². The molecule has 1 aromatic carbocycles. The summed E-state index contributed by atoms with van der Waals surface area (Å²) in [4.78, 5) is 16.1. The van der Waals surface area contributed by atoms with Crippen LogP contribution in [0, 0.1) is 0 Å². The highest BCUT2D eigenvalue weighted by Gasteiger charge is 2.10. The van der Waals surface area contributed by atoms with Crippen LogP contribution in [-0.4, -0.2) is 10.9 Å². The Kier molecular flexibility index (Phi) is 3.54. The molecule has 0 bridgehead atoms. The molecule has 4 nitrogen and oxygen atoms in total. The number of benzene rings is 1. The highest BCUT2D eigenvalue weighted by Crippen LogP contribution is 2.23. The number of nitrogens with one attached hydrogen (secondary N) is 1. The molecule has 0 unspecified atom stereocenters. The molecule has 2 aromatic heterocycles. The molecule has 0 saturated carbocycles. The van der Waals surface area contributed by atoms with E-state index in [1.807, 2.05) is 29.6 Å². The first-order valence-electron chi connectivity index (χ1n) is 5.79. The number of hydrogen-bond donors (Lipinski definition) is 1. The molecular weight excluding hydrogens is 296 g/mol. The fourth-order valence-electron chi connectivity index (χ4n) is 1.69. The van der Waals surface area contributed by atoms with E-state index in [1.165, 1.54) is 12.1 Å². The molecule has 0 aliphatic rings. The number of carbonyl (C=O) groups excluding carboxylic acids is 1. The largest absolute Gasteiger partial charge is 0.440 e. The second kappa shape index (κ2) is 5.48. The topological polar surface area (TPSA) is 55.1 Å². The van der Waals surface area contributed by atoms with Crippen LogP contribution in [0.5, 0.6) is 0 Å². The zero-order chi connectivity index (χ0) is 13.9. The molecular formula is C14H9ClN2O2S.